The monoisotopic (exact) mass is 409 g/mol. The van der Waals surface area contributed by atoms with E-state index in [1.165, 1.54) is 4.90 Å². The average Bonchev–Trinajstić information content (AvgIpc) is 2.94. The van der Waals surface area contributed by atoms with Crippen molar-refractivity contribution in [2.75, 3.05) is 13.1 Å². The summed E-state index contributed by atoms with van der Waals surface area (Å²) < 4.78 is 0. The molecule has 0 radical (unpaired) electrons. The molecule has 2 unspecified atom stereocenters. The van der Waals surface area contributed by atoms with E-state index in [4.69, 9.17) is 5.73 Å². The van der Waals surface area contributed by atoms with Crippen molar-refractivity contribution in [1.29, 1.82) is 0 Å². The van der Waals surface area contributed by atoms with E-state index in [1.54, 1.807) is 0 Å². The van der Waals surface area contributed by atoms with Crippen LogP contribution in [-0.2, 0) is 19.2 Å². The lowest BCUT2D eigenvalue weighted by atomic mass is 9.94. The van der Waals surface area contributed by atoms with Crippen LogP contribution in [0.1, 0.15) is 79.1 Å². The number of carbonyl (C=O) groups excluding carboxylic acids is 4. The van der Waals surface area contributed by atoms with Gasteiger partial charge in [-0.1, -0.05) is 34.1 Å². The Morgan fingerprint density at radius 2 is 1.76 bits per heavy atom. The number of hydrogen-bond acceptors (Lipinski definition) is 5. The zero-order valence-electron chi connectivity index (χ0n) is 18.5. The molecule has 0 aromatic rings. The summed E-state index contributed by atoms with van der Waals surface area (Å²) >= 11 is 0. The SMILES string of the molecule is CC(C)C(=O)C(CCCCN)NC(=O)CCCCCN1C(=O)CC(C(C)C)C1=O. The quantitative estimate of drug-likeness (QED) is 0.338. The Kier molecular flexibility index (Phi) is 11.1. The summed E-state index contributed by atoms with van der Waals surface area (Å²) in [6.07, 6.45) is 5.05. The van der Waals surface area contributed by atoms with Crippen molar-refractivity contribution >= 4 is 23.5 Å². The Morgan fingerprint density at radius 1 is 1.07 bits per heavy atom. The molecular weight excluding hydrogens is 370 g/mol. The summed E-state index contributed by atoms with van der Waals surface area (Å²) in [7, 11) is 0. The number of imide groups is 1. The lowest BCUT2D eigenvalue weighted by Gasteiger charge is -2.19. The first kappa shape index (κ1) is 25.3. The molecule has 1 fully saturated rings. The highest BCUT2D eigenvalue weighted by molar-refractivity contribution is 6.03. The van der Waals surface area contributed by atoms with Gasteiger partial charge in [0.25, 0.3) is 0 Å². The standard InChI is InChI=1S/C22H39N3O4/c1-15(2)17-14-20(27)25(22(17)29)13-9-5-6-11-19(26)24-18(10-7-8-12-23)21(28)16(3)4/h15-18H,5-14,23H2,1-4H3,(H,24,26). The summed E-state index contributed by atoms with van der Waals surface area (Å²) in [5.41, 5.74) is 5.51. The molecular formula is C22H39N3O4. The molecule has 7 heteroatoms. The van der Waals surface area contributed by atoms with Gasteiger partial charge in [0.05, 0.1) is 6.04 Å². The van der Waals surface area contributed by atoms with Gasteiger partial charge in [-0.25, -0.2) is 0 Å². The summed E-state index contributed by atoms with van der Waals surface area (Å²) in [4.78, 5) is 50.2. The zero-order valence-corrected chi connectivity index (χ0v) is 18.5. The highest BCUT2D eigenvalue weighted by atomic mass is 16.2. The molecule has 0 aliphatic carbocycles. The van der Waals surface area contributed by atoms with Crippen LogP contribution in [0.3, 0.4) is 0 Å². The second-order valence-corrected chi connectivity index (χ2v) is 8.71. The maximum atomic E-state index is 12.3. The number of amides is 3. The maximum absolute atomic E-state index is 12.3. The summed E-state index contributed by atoms with van der Waals surface area (Å²) in [5.74, 6) is -0.349. The Bertz CT molecular complexity index is 574. The Hall–Kier alpha value is -1.76. The number of ketones is 1. The summed E-state index contributed by atoms with van der Waals surface area (Å²) in [6.45, 7) is 8.62. The number of rotatable bonds is 14. The van der Waals surface area contributed by atoms with Crippen LogP contribution >= 0.6 is 0 Å². The van der Waals surface area contributed by atoms with Crippen LogP contribution in [0.15, 0.2) is 0 Å². The van der Waals surface area contributed by atoms with E-state index in [1.807, 2.05) is 27.7 Å². The van der Waals surface area contributed by atoms with Crippen LogP contribution in [0.2, 0.25) is 0 Å². The predicted octanol–water partition coefficient (Wildman–Crippen LogP) is 2.42. The first-order valence-corrected chi connectivity index (χ1v) is 11.1. The average molecular weight is 410 g/mol. The van der Waals surface area contributed by atoms with Gasteiger partial charge in [-0.05, 0) is 44.6 Å². The number of carbonyl (C=O) groups is 4. The molecule has 0 aromatic carbocycles. The molecule has 3 amide bonds. The maximum Gasteiger partial charge on any atom is 0.233 e. The van der Waals surface area contributed by atoms with Gasteiger partial charge in [0.2, 0.25) is 17.7 Å². The Morgan fingerprint density at radius 3 is 2.31 bits per heavy atom. The van der Waals surface area contributed by atoms with E-state index >= 15 is 0 Å². The number of unbranched alkanes of at least 4 members (excludes halogenated alkanes) is 3. The lowest BCUT2D eigenvalue weighted by Crippen LogP contribution is -2.42. The number of Topliss-reactive ketones (excluding diaryl/α,β-unsaturated/α-hetero) is 1. The van der Waals surface area contributed by atoms with Gasteiger partial charge < -0.3 is 11.1 Å². The molecule has 1 aliphatic rings. The first-order chi connectivity index (χ1) is 13.7. The molecule has 1 saturated heterocycles. The van der Waals surface area contributed by atoms with Crippen molar-refractivity contribution in [1.82, 2.24) is 10.2 Å². The van der Waals surface area contributed by atoms with E-state index < -0.39 is 6.04 Å². The molecule has 29 heavy (non-hydrogen) atoms. The first-order valence-electron chi connectivity index (χ1n) is 11.1. The van der Waals surface area contributed by atoms with Crippen LogP contribution in [0.5, 0.6) is 0 Å². The molecule has 7 nitrogen and oxygen atoms in total. The zero-order chi connectivity index (χ0) is 22.0. The van der Waals surface area contributed by atoms with E-state index in [0.29, 0.717) is 45.2 Å². The van der Waals surface area contributed by atoms with Gasteiger partial charge in [-0.3, -0.25) is 24.1 Å². The van der Waals surface area contributed by atoms with E-state index in [-0.39, 0.29) is 41.3 Å². The van der Waals surface area contributed by atoms with Crippen molar-refractivity contribution in [3.63, 3.8) is 0 Å². The van der Waals surface area contributed by atoms with Crippen LogP contribution in [0, 0.1) is 17.8 Å². The van der Waals surface area contributed by atoms with Gasteiger partial charge in [0.1, 0.15) is 0 Å². The number of likely N-dealkylation sites (tertiary alicyclic amines) is 1. The van der Waals surface area contributed by atoms with Gasteiger partial charge in [-0.15, -0.1) is 0 Å². The normalized spacial score (nSPS) is 18.0. The number of nitrogens with one attached hydrogen (secondary N) is 1. The molecule has 0 spiro atoms. The third kappa shape index (κ3) is 8.25. The Labute approximate surface area is 175 Å². The molecule has 0 aromatic heterocycles. The van der Waals surface area contributed by atoms with Gasteiger partial charge in [-0.2, -0.15) is 0 Å². The fourth-order valence-corrected chi connectivity index (χ4v) is 3.64. The second kappa shape index (κ2) is 12.7. The fourth-order valence-electron chi connectivity index (χ4n) is 3.64. The van der Waals surface area contributed by atoms with Crippen molar-refractivity contribution in [3.05, 3.63) is 0 Å². The van der Waals surface area contributed by atoms with Crippen molar-refractivity contribution in [2.24, 2.45) is 23.5 Å². The van der Waals surface area contributed by atoms with Crippen LogP contribution in [0.25, 0.3) is 0 Å². The minimum Gasteiger partial charge on any atom is -0.346 e. The molecule has 166 valence electrons. The van der Waals surface area contributed by atoms with Crippen molar-refractivity contribution < 1.29 is 19.2 Å². The van der Waals surface area contributed by atoms with Crippen molar-refractivity contribution in [3.8, 4) is 0 Å². The minimum absolute atomic E-state index is 0.0566. The van der Waals surface area contributed by atoms with Crippen LogP contribution in [0.4, 0.5) is 0 Å². The predicted molar refractivity (Wildman–Crippen MR) is 113 cm³/mol. The van der Waals surface area contributed by atoms with Crippen molar-refractivity contribution in [2.45, 2.75) is 85.1 Å². The molecule has 2 atom stereocenters. The van der Waals surface area contributed by atoms with E-state index in [9.17, 15) is 19.2 Å². The molecule has 1 rings (SSSR count). The van der Waals surface area contributed by atoms with Gasteiger partial charge in [0.15, 0.2) is 5.78 Å². The summed E-state index contributed by atoms with van der Waals surface area (Å²) in [6, 6.07) is -0.443. The lowest BCUT2D eigenvalue weighted by molar-refractivity contribution is -0.139. The molecule has 1 aliphatic heterocycles. The van der Waals surface area contributed by atoms with Crippen LogP contribution < -0.4 is 11.1 Å². The van der Waals surface area contributed by atoms with Gasteiger partial charge >= 0.3 is 0 Å². The third-order valence-electron chi connectivity index (χ3n) is 5.56. The summed E-state index contributed by atoms with van der Waals surface area (Å²) in [5, 5.41) is 2.87. The number of nitrogens with two attached hydrogens (primary N) is 1. The smallest absolute Gasteiger partial charge is 0.233 e. The molecule has 0 bridgehead atoms. The molecule has 1 heterocycles. The van der Waals surface area contributed by atoms with E-state index in [0.717, 1.165) is 19.3 Å². The number of hydrogen-bond donors (Lipinski definition) is 2. The fraction of sp³-hybridized carbons (Fsp3) is 0.818. The molecule has 3 N–H and O–H groups in total. The van der Waals surface area contributed by atoms with Gasteiger partial charge in [0, 0.05) is 31.2 Å². The topological polar surface area (TPSA) is 110 Å². The third-order valence-corrected chi connectivity index (χ3v) is 5.56. The Balaban J connectivity index is 2.34. The highest BCUT2D eigenvalue weighted by Gasteiger charge is 2.39. The largest absolute Gasteiger partial charge is 0.346 e. The minimum atomic E-state index is -0.443. The molecule has 0 saturated carbocycles. The van der Waals surface area contributed by atoms with Crippen LogP contribution in [-0.4, -0.2) is 47.5 Å². The second-order valence-electron chi connectivity index (χ2n) is 8.71. The van der Waals surface area contributed by atoms with E-state index in [2.05, 4.69) is 5.32 Å². The number of nitrogens with zero attached hydrogens (tertiary/aromatic N) is 1. The highest BCUT2D eigenvalue weighted by Crippen LogP contribution is 2.26.